The molecule has 1 rings (SSSR count). The number of nitrogens with one attached hydrogen (secondary N) is 1. The van der Waals surface area contributed by atoms with Crippen LogP contribution in [0.5, 0.6) is 5.75 Å². The van der Waals surface area contributed by atoms with Crippen LogP contribution in [0.4, 0.5) is 4.39 Å². The topological polar surface area (TPSA) is 47.3 Å². The van der Waals surface area contributed by atoms with Gasteiger partial charge < -0.3 is 10.5 Å². The predicted octanol–water partition coefficient (Wildman–Crippen LogP) is 2.49. The quantitative estimate of drug-likeness (QED) is 0.736. The van der Waals surface area contributed by atoms with Crippen molar-refractivity contribution in [2.45, 2.75) is 11.8 Å². The summed E-state index contributed by atoms with van der Waals surface area (Å²) in [7, 11) is 0. The van der Waals surface area contributed by atoms with Gasteiger partial charge in [0.15, 0.2) is 0 Å². The minimum Gasteiger partial charge on any atom is -0.489 e. The van der Waals surface area contributed by atoms with E-state index >= 15 is 0 Å². The summed E-state index contributed by atoms with van der Waals surface area (Å²) in [4.78, 5) is 1.11. The van der Waals surface area contributed by atoms with Crippen LogP contribution in [0, 0.1) is 0 Å². The molecule has 0 aliphatic rings. The van der Waals surface area contributed by atoms with Gasteiger partial charge in [-0.15, -0.1) is 0 Å². The summed E-state index contributed by atoms with van der Waals surface area (Å²) in [6.07, 6.45) is 0.495. The first kappa shape index (κ1) is 14.0. The second-order valence-corrected chi connectivity index (χ2v) is 4.30. The van der Waals surface area contributed by atoms with Crippen molar-refractivity contribution < 1.29 is 9.13 Å². The smallest absolute Gasteiger partial charge is 0.119 e. The van der Waals surface area contributed by atoms with Gasteiger partial charge in [-0.2, -0.15) is 0 Å². The van der Waals surface area contributed by atoms with Gasteiger partial charge in [0.2, 0.25) is 0 Å². The molecule has 0 saturated heterocycles. The average molecular weight is 256 g/mol. The summed E-state index contributed by atoms with van der Waals surface area (Å²) in [6.45, 7) is 3.31. The van der Waals surface area contributed by atoms with Gasteiger partial charge in [0.05, 0.1) is 6.33 Å². The number of rotatable bonds is 7. The van der Waals surface area contributed by atoms with E-state index in [4.69, 9.17) is 10.5 Å². The van der Waals surface area contributed by atoms with Crippen molar-refractivity contribution in [2.75, 3.05) is 19.7 Å². The Morgan fingerprint density at radius 2 is 2.18 bits per heavy atom. The minimum atomic E-state index is 0.171. The van der Waals surface area contributed by atoms with Crippen molar-refractivity contribution in [3.05, 3.63) is 36.2 Å². The highest BCUT2D eigenvalue weighted by molar-refractivity contribution is 7.97. The van der Waals surface area contributed by atoms with E-state index < -0.39 is 0 Å². The zero-order chi connectivity index (χ0) is 12.5. The summed E-state index contributed by atoms with van der Waals surface area (Å²) in [5.74, 6) is 0.707. The molecule has 5 heteroatoms. The predicted molar refractivity (Wildman–Crippen MR) is 69.7 cm³/mol. The summed E-state index contributed by atoms with van der Waals surface area (Å²) in [5, 5.41) is 0. The molecular weight excluding hydrogens is 239 g/mol. The van der Waals surface area contributed by atoms with E-state index in [9.17, 15) is 4.39 Å². The van der Waals surface area contributed by atoms with E-state index in [-0.39, 0.29) is 13.2 Å². The standard InChI is InChI=1S/C12H17FN2OS/c1-2-15-17-12-5-3-11(4-6-12)16-9-10(7-13)8-14/h3-7,15H,2,8-9,14H2,1H3/b10-7-. The molecule has 1 aromatic rings. The normalized spacial score (nSPS) is 11.6. The van der Waals surface area contributed by atoms with Crippen LogP contribution in [-0.4, -0.2) is 19.7 Å². The van der Waals surface area contributed by atoms with Crippen molar-refractivity contribution in [1.82, 2.24) is 4.72 Å². The van der Waals surface area contributed by atoms with E-state index in [1.165, 1.54) is 0 Å². The van der Waals surface area contributed by atoms with Crippen LogP contribution in [0.1, 0.15) is 6.92 Å². The molecule has 0 spiro atoms. The van der Waals surface area contributed by atoms with Gasteiger partial charge in [0.25, 0.3) is 0 Å². The van der Waals surface area contributed by atoms with Crippen LogP contribution in [0.15, 0.2) is 41.1 Å². The zero-order valence-electron chi connectivity index (χ0n) is 9.78. The number of hydrogen-bond donors (Lipinski definition) is 2. The number of benzene rings is 1. The van der Waals surface area contributed by atoms with Crippen LogP contribution in [0.25, 0.3) is 0 Å². The van der Waals surface area contributed by atoms with E-state index in [0.717, 1.165) is 11.4 Å². The van der Waals surface area contributed by atoms with Crippen molar-refractivity contribution in [3.8, 4) is 5.75 Å². The van der Waals surface area contributed by atoms with Gasteiger partial charge in [-0.1, -0.05) is 6.92 Å². The Hall–Kier alpha value is -1.04. The Bertz CT molecular complexity index is 354. The fraction of sp³-hybridized carbons (Fsp3) is 0.333. The van der Waals surface area contributed by atoms with Crippen molar-refractivity contribution in [3.63, 3.8) is 0 Å². The Kier molecular flexibility index (Phi) is 6.69. The minimum absolute atomic E-state index is 0.171. The second-order valence-electron chi connectivity index (χ2n) is 3.33. The fourth-order valence-corrected chi connectivity index (χ4v) is 1.65. The lowest BCUT2D eigenvalue weighted by Gasteiger charge is -2.08. The first-order valence-electron chi connectivity index (χ1n) is 5.41. The lowest BCUT2D eigenvalue weighted by molar-refractivity contribution is 0.347. The maximum Gasteiger partial charge on any atom is 0.119 e. The number of hydrogen-bond acceptors (Lipinski definition) is 4. The zero-order valence-corrected chi connectivity index (χ0v) is 10.6. The van der Waals surface area contributed by atoms with Crippen LogP contribution in [0.2, 0.25) is 0 Å². The summed E-state index contributed by atoms with van der Waals surface area (Å²) < 4.78 is 20.8. The Morgan fingerprint density at radius 1 is 1.47 bits per heavy atom. The first-order valence-corrected chi connectivity index (χ1v) is 6.22. The molecule has 0 atom stereocenters. The molecule has 0 aromatic heterocycles. The van der Waals surface area contributed by atoms with Gasteiger partial charge in [0.1, 0.15) is 12.4 Å². The van der Waals surface area contributed by atoms with Gasteiger partial charge in [0, 0.05) is 23.6 Å². The van der Waals surface area contributed by atoms with Crippen molar-refractivity contribution in [1.29, 1.82) is 0 Å². The van der Waals surface area contributed by atoms with Crippen LogP contribution < -0.4 is 15.2 Å². The number of ether oxygens (including phenoxy) is 1. The van der Waals surface area contributed by atoms with E-state index in [0.29, 0.717) is 17.7 Å². The molecule has 0 amide bonds. The van der Waals surface area contributed by atoms with Crippen molar-refractivity contribution >= 4 is 11.9 Å². The molecule has 0 heterocycles. The lowest BCUT2D eigenvalue weighted by Crippen LogP contribution is -2.10. The largest absolute Gasteiger partial charge is 0.489 e. The van der Waals surface area contributed by atoms with Crippen molar-refractivity contribution in [2.24, 2.45) is 5.73 Å². The number of halogens is 1. The van der Waals surface area contributed by atoms with Crippen LogP contribution in [-0.2, 0) is 0 Å². The van der Waals surface area contributed by atoms with Gasteiger partial charge in [-0.05, 0) is 36.2 Å². The molecule has 0 saturated carbocycles. The highest BCUT2D eigenvalue weighted by Gasteiger charge is 1.98. The molecule has 3 nitrogen and oxygen atoms in total. The molecule has 0 unspecified atom stereocenters. The van der Waals surface area contributed by atoms with E-state index in [2.05, 4.69) is 4.72 Å². The van der Waals surface area contributed by atoms with E-state index in [1.54, 1.807) is 11.9 Å². The third-order valence-electron chi connectivity index (χ3n) is 2.00. The fourth-order valence-electron chi connectivity index (χ4n) is 1.07. The van der Waals surface area contributed by atoms with Gasteiger partial charge in [-0.25, -0.2) is 4.39 Å². The lowest BCUT2D eigenvalue weighted by atomic mass is 10.3. The molecule has 0 aliphatic carbocycles. The maximum atomic E-state index is 12.2. The van der Waals surface area contributed by atoms with Gasteiger partial charge in [-0.3, -0.25) is 4.72 Å². The molecule has 17 heavy (non-hydrogen) atoms. The molecule has 0 fully saturated rings. The molecular formula is C12H17FN2OS. The third-order valence-corrected chi connectivity index (χ3v) is 2.94. The van der Waals surface area contributed by atoms with Gasteiger partial charge >= 0.3 is 0 Å². The number of nitrogens with two attached hydrogens (primary N) is 1. The first-order chi connectivity index (χ1) is 8.30. The molecule has 0 radical (unpaired) electrons. The molecule has 3 N–H and O–H groups in total. The molecule has 0 bridgehead atoms. The van der Waals surface area contributed by atoms with E-state index in [1.807, 2.05) is 31.2 Å². The molecule has 0 aliphatic heterocycles. The van der Waals surface area contributed by atoms with Crippen LogP contribution in [0.3, 0.4) is 0 Å². The average Bonchev–Trinajstić information content (AvgIpc) is 2.39. The molecule has 1 aromatic carbocycles. The third kappa shape index (κ3) is 5.21. The highest BCUT2D eigenvalue weighted by atomic mass is 32.2. The maximum absolute atomic E-state index is 12.2. The van der Waals surface area contributed by atoms with Crippen LogP contribution >= 0.6 is 11.9 Å². The molecule has 94 valence electrons. The monoisotopic (exact) mass is 256 g/mol. The Balaban J connectivity index is 2.45. The Morgan fingerprint density at radius 3 is 2.71 bits per heavy atom. The SMILES string of the molecule is CCNSc1ccc(OC/C(=C\F)CN)cc1. The summed E-state index contributed by atoms with van der Waals surface area (Å²) in [5.41, 5.74) is 5.77. The summed E-state index contributed by atoms with van der Waals surface area (Å²) >= 11 is 1.57. The Labute approximate surface area is 105 Å². The highest BCUT2D eigenvalue weighted by Crippen LogP contribution is 2.19. The second kappa shape index (κ2) is 8.11. The summed E-state index contributed by atoms with van der Waals surface area (Å²) in [6, 6.07) is 7.60.